The number of primary amides is 1. The molecule has 0 aliphatic heterocycles. The van der Waals surface area contributed by atoms with Crippen LogP contribution in [0.2, 0.25) is 0 Å². The van der Waals surface area contributed by atoms with E-state index in [1.165, 1.54) is 24.8 Å². The van der Waals surface area contributed by atoms with Crippen LogP contribution >= 0.6 is 24.0 Å². The standard InChI is InChI=1S/C22H28N4O.HI/c1-2-24-21(25-15-17-9-11-18(12-10-17)20(23)27)26-16-22(13-6-14-22)19-7-4-3-5-8-19;/h3-5,7-12H,2,6,13-16H2,1H3,(H2,23,27)(H2,24,25,26);1H. The number of aliphatic imine (C=N–C) groups is 1. The summed E-state index contributed by atoms with van der Waals surface area (Å²) < 4.78 is 0. The zero-order valence-corrected chi connectivity index (χ0v) is 18.6. The summed E-state index contributed by atoms with van der Waals surface area (Å²) in [5.41, 5.74) is 8.46. The van der Waals surface area contributed by atoms with E-state index in [-0.39, 0.29) is 29.4 Å². The van der Waals surface area contributed by atoms with E-state index < -0.39 is 5.91 Å². The zero-order chi connectivity index (χ0) is 19.1. The van der Waals surface area contributed by atoms with Gasteiger partial charge in [-0.2, -0.15) is 0 Å². The van der Waals surface area contributed by atoms with Gasteiger partial charge in [0.25, 0.3) is 0 Å². The van der Waals surface area contributed by atoms with Crippen LogP contribution in [-0.2, 0) is 12.0 Å². The summed E-state index contributed by atoms with van der Waals surface area (Å²) in [6, 6.07) is 18.0. The first kappa shape index (κ1) is 22.2. The summed E-state index contributed by atoms with van der Waals surface area (Å²) in [6.07, 6.45) is 3.69. The van der Waals surface area contributed by atoms with Crippen LogP contribution in [0.25, 0.3) is 0 Å². The minimum absolute atomic E-state index is 0. The molecule has 1 amide bonds. The second kappa shape index (κ2) is 10.5. The molecule has 4 N–H and O–H groups in total. The highest BCUT2D eigenvalue weighted by atomic mass is 127. The van der Waals surface area contributed by atoms with Crippen LogP contribution in [0.1, 0.15) is 47.7 Å². The predicted octanol–water partition coefficient (Wildman–Crippen LogP) is 3.58. The molecule has 0 atom stereocenters. The van der Waals surface area contributed by atoms with E-state index in [4.69, 9.17) is 10.7 Å². The van der Waals surface area contributed by atoms with Gasteiger partial charge in [-0.05, 0) is 43.0 Å². The molecule has 2 aromatic carbocycles. The van der Waals surface area contributed by atoms with Crippen molar-refractivity contribution in [3.63, 3.8) is 0 Å². The number of nitrogens with one attached hydrogen (secondary N) is 2. The number of carbonyl (C=O) groups excluding carboxylic acids is 1. The summed E-state index contributed by atoms with van der Waals surface area (Å²) in [5, 5.41) is 6.85. The molecule has 5 nitrogen and oxygen atoms in total. The summed E-state index contributed by atoms with van der Waals surface area (Å²) in [7, 11) is 0. The Morgan fingerprint density at radius 3 is 2.29 bits per heavy atom. The summed E-state index contributed by atoms with van der Waals surface area (Å²) >= 11 is 0. The van der Waals surface area contributed by atoms with E-state index in [0.29, 0.717) is 12.1 Å². The summed E-state index contributed by atoms with van der Waals surface area (Å²) in [5.74, 6) is 0.408. The number of nitrogens with two attached hydrogens (primary N) is 1. The van der Waals surface area contributed by atoms with Crippen LogP contribution in [0.3, 0.4) is 0 Å². The van der Waals surface area contributed by atoms with Gasteiger partial charge in [-0.3, -0.25) is 4.79 Å². The van der Waals surface area contributed by atoms with Crippen molar-refractivity contribution in [2.45, 2.75) is 38.1 Å². The van der Waals surface area contributed by atoms with Crippen molar-refractivity contribution < 1.29 is 4.79 Å². The van der Waals surface area contributed by atoms with Crippen LogP contribution in [-0.4, -0.2) is 25.0 Å². The maximum absolute atomic E-state index is 11.2. The topological polar surface area (TPSA) is 79.5 Å². The van der Waals surface area contributed by atoms with Crippen molar-refractivity contribution >= 4 is 35.8 Å². The van der Waals surface area contributed by atoms with E-state index in [2.05, 4.69) is 47.9 Å². The Morgan fingerprint density at radius 2 is 1.75 bits per heavy atom. The first-order chi connectivity index (χ1) is 13.1. The molecule has 0 unspecified atom stereocenters. The first-order valence-corrected chi connectivity index (χ1v) is 9.59. The normalized spacial score (nSPS) is 15.1. The van der Waals surface area contributed by atoms with Gasteiger partial charge in [0.1, 0.15) is 0 Å². The number of hydrogen-bond donors (Lipinski definition) is 3. The number of halogens is 1. The Kier molecular flexibility index (Phi) is 8.29. The molecular formula is C22H29IN4O. The average Bonchev–Trinajstić information content (AvgIpc) is 2.66. The van der Waals surface area contributed by atoms with E-state index in [9.17, 15) is 4.79 Å². The number of carbonyl (C=O) groups is 1. The van der Waals surface area contributed by atoms with Gasteiger partial charge in [-0.25, -0.2) is 4.99 Å². The first-order valence-electron chi connectivity index (χ1n) is 9.59. The lowest BCUT2D eigenvalue weighted by Crippen LogP contribution is -2.48. The molecule has 150 valence electrons. The maximum atomic E-state index is 11.2. The predicted molar refractivity (Wildman–Crippen MR) is 125 cm³/mol. The van der Waals surface area contributed by atoms with Crippen molar-refractivity contribution in [3.05, 3.63) is 71.3 Å². The van der Waals surface area contributed by atoms with Gasteiger partial charge >= 0.3 is 0 Å². The fraction of sp³-hybridized carbons (Fsp3) is 0.364. The van der Waals surface area contributed by atoms with Gasteiger partial charge < -0.3 is 16.4 Å². The summed E-state index contributed by atoms with van der Waals surface area (Å²) in [4.78, 5) is 15.9. The second-order valence-corrected chi connectivity index (χ2v) is 7.11. The molecule has 1 aliphatic carbocycles. The van der Waals surface area contributed by atoms with Crippen molar-refractivity contribution in [1.29, 1.82) is 0 Å². The lowest BCUT2D eigenvalue weighted by molar-refractivity contribution is 0.100. The fourth-order valence-corrected chi connectivity index (χ4v) is 3.50. The molecule has 0 bridgehead atoms. The Morgan fingerprint density at radius 1 is 1.07 bits per heavy atom. The number of amides is 1. The molecule has 0 radical (unpaired) electrons. The molecule has 0 saturated heterocycles. The van der Waals surface area contributed by atoms with E-state index >= 15 is 0 Å². The molecule has 3 rings (SSSR count). The van der Waals surface area contributed by atoms with Crippen LogP contribution in [0.5, 0.6) is 0 Å². The third kappa shape index (κ3) is 5.47. The van der Waals surface area contributed by atoms with Crippen LogP contribution < -0.4 is 16.4 Å². The average molecular weight is 492 g/mol. The Bertz CT molecular complexity index is 786. The highest BCUT2D eigenvalue weighted by molar-refractivity contribution is 14.0. The molecule has 1 saturated carbocycles. The number of rotatable bonds is 7. The minimum atomic E-state index is -0.410. The van der Waals surface area contributed by atoms with Gasteiger partial charge in [0.2, 0.25) is 5.91 Å². The number of benzene rings is 2. The molecule has 1 aliphatic rings. The highest BCUT2D eigenvalue weighted by Gasteiger charge is 2.38. The largest absolute Gasteiger partial charge is 0.366 e. The van der Waals surface area contributed by atoms with Crippen LogP contribution in [0, 0.1) is 0 Å². The monoisotopic (exact) mass is 492 g/mol. The van der Waals surface area contributed by atoms with Crippen molar-refractivity contribution in [2.75, 3.05) is 13.1 Å². The van der Waals surface area contributed by atoms with Gasteiger partial charge in [0.15, 0.2) is 5.96 Å². The van der Waals surface area contributed by atoms with Gasteiger partial charge in [-0.15, -0.1) is 24.0 Å². The van der Waals surface area contributed by atoms with Crippen molar-refractivity contribution in [3.8, 4) is 0 Å². The lowest BCUT2D eigenvalue weighted by atomic mass is 9.64. The number of hydrogen-bond acceptors (Lipinski definition) is 2. The molecule has 28 heavy (non-hydrogen) atoms. The number of nitrogens with zero attached hydrogens (tertiary/aromatic N) is 1. The van der Waals surface area contributed by atoms with Gasteiger partial charge in [0.05, 0.1) is 6.54 Å². The van der Waals surface area contributed by atoms with E-state index in [1.54, 1.807) is 12.1 Å². The molecule has 0 aromatic heterocycles. The lowest BCUT2D eigenvalue weighted by Gasteiger charge is -2.43. The van der Waals surface area contributed by atoms with E-state index in [1.807, 2.05) is 12.1 Å². The molecular weight excluding hydrogens is 463 g/mol. The Labute approximate surface area is 184 Å². The minimum Gasteiger partial charge on any atom is -0.366 e. The third-order valence-electron chi connectivity index (χ3n) is 5.29. The van der Waals surface area contributed by atoms with Crippen molar-refractivity contribution in [1.82, 2.24) is 10.6 Å². The van der Waals surface area contributed by atoms with Gasteiger partial charge in [0, 0.05) is 24.1 Å². The quantitative estimate of drug-likeness (QED) is 0.314. The van der Waals surface area contributed by atoms with Crippen LogP contribution in [0.4, 0.5) is 0 Å². The number of guanidine groups is 1. The highest BCUT2D eigenvalue weighted by Crippen LogP contribution is 2.43. The third-order valence-corrected chi connectivity index (χ3v) is 5.29. The van der Waals surface area contributed by atoms with Crippen molar-refractivity contribution in [2.24, 2.45) is 10.7 Å². The smallest absolute Gasteiger partial charge is 0.248 e. The molecule has 0 heterocycles. The molecule has 6 heteroatoms. The SMILES string of the molecule is CCNC(=NCc1ccc(C(N)=O)cc1)NCC1(c2ccccc2)CCC1.I. The van der Waals surface area contributed by atoms with E-state index in [0.717, 1.165) is 24.6 Å². The fourth-order valence-electron chi connectivity index (χ4n) is 3.50. The zero-order valence-electron chi connectivity index (χ0n) is 16.3. The Balaban J connectivity index is 0.00000280. The Hall–Kier alpha value is -2.09. The summed E-state index contributed by atoms with van der Waals surface area (Å²) in [6.45, 7) is 4.30. The molecule has 2 aromatic rings. The maximum Gasteiger partial charge on any atom is 0.248 e. The molecule has 0 spiro atoms. The second-order valence-electron chi connectivity index (χ2n) is 7.11. The van der Waals surface area contributed by atoms with Crippen LogP contribution in [0.15, 0.2) is 59.6 Å². The van der Waals surface area contributed by atoms with Gasteiger partial charge in [-0.1, -0.05) is 48.9 Å². The molecule has 1 fully saturated rings.